The van der Waals surface area contributed by atoms with E-state index in [1.54, 1.807) is 0 Å². The van der Waals surface area contributed by atoms with Crippen LogP contribution in [-0.2, 0) is 0 Å². The lowest BCUT2D eigenvalue weighted by Gasteiger charge is -2.12. The molecule has 0 radical (unpaired) electrons. The maximum atomic E-state index is 9.64. The molecule has 2 nitrogen and oxygen atoms in total. The lowest BCUT2D eigenvalue weighted by Crippen LogP contribution is -2.07. The molecule has 0 aliphatic heterocycles. The van der Waals surface area contributed by atoms with Crippen LogP contribution in [-0.4, -0.2) is 11.7 Å². The van der Waals surface area contributed by atoms with E-state index in [-0.39, 0.29) is 6.10 Å². The number of benzene rings is 1. The molecule has 2 atom stereocenters. The number of hydrogen-bond donors (Lipinski definition) is 1. The molecule has 0 bridgehead atoms. The average Bonchev–Trinajstić information content (AvgIpc) is 2.35. The minimum absolute atomic E-state index is 0.358. The van der Waals surface area contributed by atoms with Crippen LogP contribution in [0.2, 0.25) is 0 Å². The number of aliphatic hydroxyl groups is 1. The van der Waals surface area contributed by atoms with Gasteiger partial charge in [0.2, 0.25) is 0 Å². The van der Waals surface area contributed by atoms with E-state index in [1.165, 1.54) is 0 Å². The van der Waals surface area contributed by atoms with Crippen molar-refractivity contribution in [2.24, 2.45) is 5.92 Å². The van der Waals surface area contributed by atoms with Crippen molar-refractivity contribution in [3.05, 3.63) is 29.8 Å². The Morgan fingerprint density at radius 1 is 1.12 bits per heavy atom. The number of hydrogen-bond acceptors (Lipinski definition) is 2. The Morgan fingerprint density at radius 2 is 1.75 bits per heavy atom. The normalized spacial score (nSPS) is 14.5. The zero-order valence-corrected chi connectivity index (χ0v) is 10.4. The molecule has 2 unspecified atom stereocenters. The largest absolute Gasteiger partial charge is 0.493 e. The average molecular weight is 222 g/mol. The van der Waals surface area contributed by atoms with Crippen LogP contribution in [0.3, 0.4) is 0 Å². The number of ether oxygens (including phenoxy) is 1. The fourth-order valence-corrected chi connectivity index (χ4v) is 1.38. The fraction of sp³-hybridized carbons (Fsp3) is 0.571. The van der Waals surface area contributed by atoms with Gasteiger partial charge in [-0.05, 0) is 30.0 Å². The summed E-state index contributed by atoms with van der Waals surface area (Å²) in [6.45, 7) is 7.06. The second-order valence-electron chi connectivity index (χ2n) is 4.32. The molecule has 0 aliphatic carbocycles. The summed E-state index contributed by atoms with van der Waals surface area (Å²) in [7, 11) is 0. The summed E-state index contributed by atoms with van der Waals surface area (Å²) >= 11 is 0. The van der Waals surface area contributed by atoms with Crippen LogP contribution in [0.1, 0.15) is 45.3 Å². The first kappa shape index (κ1) is 13.0. The fourth-order valence-electron chi connectivity index (χ4n) is 1.38. The first-order valence-electron chi connectivity index (χ1n) is 6.08. The predicted molar refractivity (Wildman–Crippen MR) is 66.6 cm³/mol. The molecule has 0 saturated carbocycles. The molecule has 0 aliphatic rings. The summed E-state index contributed by atoms with van der Waals surface area (Å²) in [4.78, 5) is 0. The summed E-state index contributed by atoms with van der Waals surface area (Å²) in [5.41, 5.74) is 0.957. The van der Waals surface area contributed by atoms with Gasteiger partial charge in [0.15, 0.2) is 0 Å². The molecule has 1 N–H and O–H groups in total. The van der Waals surface area contributed by atoms with E-state index in [2.05, 4.69) is 13.8 Å². The van der Waals surface area contributed by atoms with E-state index >= 15 is 0 Å². The van der Waals surface area contributed by atoms with Gasteiger partial charge in [-0.1, -0.05) is 39.3 Å². The van der Waals surface area contributed by atoms with Gasteiger partial charge in [-0.15, -0.1) is 0 Å². The van der Waals surface area contributed by atoms with Gasteiger partial charge < -0.3 is 9.84 Å². The lowest BCUT2D eigenvalue weighted by molar-refractivity contribution is 0.173. The highest BCUT2D eigenvalue weighted by atomic mass is 16.5. The summed E-state index contributed by atoms with van der Waals surface area (Å²) in [5.74, 6) is 1.47. The van der Waals surface area contributed by atoms with Gasteiger partial charge >= 0.3 is 0 Å². The van der Waals surface area contributed by atoms with E-state index in [0.717, 1.165) is 30.8 Å². The van der Waals surface area contributed by atoms with Gasteiger partial charge in [0, 0.05) is 0 Å². The molecule has 1 rings (SSSR count). The molecular formula is C14H22O2. The Morgan fingerprint density at radius 3 is 2.25 bits per heavy atom. The van der Waals surface area contributed by atoms with Crippen molar-refractivity contribution < 1.29 is 9.84 Å². The maximum Gasteiger partial charge on any atom is 0.119 e. The molecule has 1 aromatic rings. The SMILES string of the molecule is CCC(C)COc1ccc(C(O)CC)cc1. The molecular weight excluding hydrogens is 200 g/mol. The van der Waals surface area contributed by atoms with E-state index in [1.807, 2.05) is 31.2 Å². The van der Waals surface area contributed by atoms with Crippen molar-refractivity contribution >= 4 is 0 Å². The predicted octanol–water partition coefficient (Wildman–Crippen LogP) is 3.55. The monoisotopic (exact) mass is 222 g/mol. The Kier molecular flexibility index (Phi) is 5.33. The van der Waals surface area contributed by atoms with Crippen molar-refractivity contribution in [3.8, 4) is 5.75 Å². The van der Waals surface area contributed by atoms with Crippen molar-refractivity contribution in [2.75, 3.05) is 6.61 Å². The summed E-state index contributed by atoms with van der Waals surface area (Å²) in [5, 5.41) is 9.64. The molecule has 0 fully saturated rings. The van der Waals surface area contributed by atoms with Crippen LogP contribution in [0.25, 0.3) is 0 Å². The molecule has 0 saturated heterocycles. The molecule has 0 aromatic heterocycles. The molecule has 16 heavy (non-hydrogen) atoms. The van der Waals surface area contributed by atoms with Crippen LogP contribution in [0, 0.1) is 5.92 Å². The van der Waals surface area contributed by atoms with Gasteiger partial charge in [0.05, 0.1) is 12.7 Å². The zero-order valence-electron chi connectivity index (χ0n) is 10.4. The minimum Gasteiger partial charge on any atom is -0.493 e. The van der Waals surface area contributed by atoms with Gasteiger partial charge in [-0.25, -0.2) is 0 Å². The number of aliphatic hydroxyl groups excluding tert-OH is 1. The van der Waals surface area contributed by atoms with E-state index in [9.17, 15) is 5.11 Å². The van der Waals surface area contributed by atoms with Crippen LogP contribution in [0.5, 0.6) is 5.75 Å². The maximum absolute atomic E-state index is 9.64. The summed E-state index contributed by atoms with van der Waals surface area (Å²) in [6, 6.07) is 7.72. The quantitative estimate of drug-likeness (QED) is 0.797. The van der Waals surface area contributed by atoms with Crippen LogP contribution >= 0.6 is 0 Å². The second-order valence-corrected chi connectivity index (χ2v) is 4.32. The summed E-state index contributed by atoms with van der Waals surface area (Å²) < 4.78 is 5.65. The van der Waals surface area contributed by atoms with E-state index < -0.39 is 0 Å². The second kappa shape index (κ2) is 6.54. The van der Waals surface area contributed by atoms with Crippen molar-refractivity contribution in [1.82, 2.24) is 0 Å². The first-order chi connectivity index (χ1) is 7.67. The molecule has 0 heterocycles. The Balaban J connectivity index is 2.51. The van der Waals surface area contributed by atoms with Gasteiger partial charge in [-0.3, -0.25) is 0 Å². The molecule has 2 heteroatoms. The standard InChI is InChI=1S/C14H22O2/c1-4-11(3)10-16-13-8-6-12(7-9-13)14(15)5-2/h6-9,11,14-15H,4-5,10H2,1-3H3. The van der Waals surface area contributed by atoms with E-state index in [0.29, 0.717) is 5.92 Å². The Hall–Kier alpha value is -1.02. The summed E-state index contributed by atoms with van der Waals surface area (Å²) in [6.07, 6.45) is 1.52. The molecule has 0 amide bonds. The Labute approximate surface area is 98.3 Å². The van der Waals surface area contributed by atoms with Crippen molar-refractivity contribution in [2.45, 2.75) is 39.7 Å². The van der Waals surface area contributed by atoms with Crippen molar-refractivity contribution in [1.29, 1.82) is 0 Å². The highest BCUT2D eigenvalue weighted by molar-refractivity contribution is 5.28. The van der Waals surface area contributed by atoms with Gasteiger partial charge in [0.25, 0.3) is 0 Å². The van der Waals surface area contributed by atoms with E-state index in [4.69, 9.17) is 4.74 Å². The van der Waals surface area contributed by atoms with Crippen LogP contribution in [0.15, 0.2) is 24.3 Å². The Bertz CT molecular complexity index is 292. The number of rotatable bonds is 6. The minimum atomic E-state index is -0.358. The zero-order chi connectivity index (χ0) is 12.0. The lowest BCUT2D eigenvalue weighted by atomic mass is 10.1. The molecule has 0 spiro atoms. The smallest absolute Gasteiger partial charge is 0.119 e. The molecule has 1 aromatic carbocycles. The topological polar surface area (TPSA) is 29.5 Å². The van der Waals surface area contributed by atoms with Crippen LogP contribution in [0.4, 0.5) is 0 Å². The van der Waals surface area contributed by atoms with Crippen molar-refractivity contribution in [3.63, 3.8) is 0 Å². The van der Waals surface area contributed by atoms with Gasteiger partial charge in [0.1, 0.15) is 5.75 Å². The molecule has 90 valence electrons. The third kappa shape index (κ3) is 3.86. The third-order valence-corrected chi connectivity index (χ3v) is 2.88. The highest BCUT2D eigenvalue weighted by Crippen LogP contribution is 2.20. The highest BCUT2D eigenvalue weighted by Gasteiger charge is 2.05. The third-order valence-electron chi connectivity index (χ3n) is 2.88. The first-order valence-corrected chi connectivity index (χ1v) is 6.08. The van der Waals surface area contributed by atoms with Gasteiger partial charge in [-0.2, -0.15) is 0 Å². The van der Waals surface area contributed by atoms with Crippen LogP contribution < -0.4 is 4.74 Å².